The normalized spacial score (nSPS) is 3.10. The quantitative estimate of drug-likeness (QED) is 0.599. The fourth-order valence-electron chi connectivity index (χ4n) is 0.627. The van der Waals surface area contributed by atoms with Gasteiger partial charge in [0.25, 0.3) is 0 Å². The highest BCUT2D eigenvalue weighted by Gasteiger charge is 1.58. The van der Waals surface area contributed by atoms with Gasteiger partial charge in [-0.2, -0.15) is 5.26 Å². The summed E-state index contributed by atoms with van der Waals surface area (Å²) in [6.45, 7) is 0. The molecule has 0 saturated carbocycles. The summed E-state index contributed by atoms with van der Waals surface area (Å²) in [4.78, 5) is 0. The average Bonchev–Trinajstić information content (AvgIpc) is 2.60. The maximum atomic E-state index is 8.11. The van der Waals surface area contributed by atoms with E-state index in [0.29, 0.717) is 0 Å². The predicted octanol–water partition coefficient (Wildman–Crippen LogP) is 3.36. The molecule has 0 aromatic carbocycles. The Hall–Kier alpha value is -5.35. The second-order valence-electron chi connectivity index (χ2n) is 2.76. The van der Waals surface area contributed by atoms with Crippen molar-refractivity contribution in [2.75, 3.05) is 0 Å². The molecular formula is C28H21N. The van der Waals surface area contributed by atoms with Gasteiger partial charge in [-0.15, -0.1) is 6.42 Å². The van der Waals surface area contributed by atoms with Gasteiger partial charge < -0.3 is 0 Å². The van der Waals surface area contributed by atoms with Crippen LogP contribution in [0.3, 0.4) is 0 Å². The number of hydrogen-bond acceptors (Lipinski definition) is 1. The molecule has 1 nitrogen and oxygen atoms in total. The first-order valence-corrected chi connectivity index (χ1v) is 5.76. The number of terminal acetylenes is 1. The van der Waals surface area contributed by atoms with Crippen LogP contribution in [0.2, 0.25) is 0 Å². The highest BCUT2D eigenvalue weighted by atomic mass is 14.2. The van der Waals surface area contributed by atoms with Gasteiger partial charge >= 0.3 is 0 Å². The van der Waals surface area contributed by atoms with Gasteiger partial charge in [-0.1, -0.05) is 37.1 Å². The molecule has 0 heterocycles. The van der Waals surface area contributed by atoms with E-state index in [4.69, 9.17) is 11.7 Å². The molecule has 138 valence electrons. The summed E-state index contributed by atoms with van der Waals surface area (Å²) in [5.41, 5.74) is 0. The first-order chi connectivity index (χ1) is 11.9. The van der Waals surface area contributed by atoms with Crippen molar-refractivity contribution < 1.29 is 0 Å². The fourth-order valence-corrected chi connectivity index (χ4v) is 0.627. The standard InChI is InChI=1S/C23HN.5CH4/c1-2-3-4-5-6-7-8-9-10-11-12-13-14-15-16-17-18-19-20-21-22-23-24;;;;;/h1H;5*1H4. The molecule has 0 aromatic heterocycles. The molecule has 0 atom stereocenters. The van der Waals surface area contributed by atoms with Crippen LogP contribution in [0.5, 0.6) is 0 Å². The maximum Gasteiger partial charge on any atom is 0.153 e. The minimum atomic E-state index is 0. The maximum absolute atomic E-state index is 8.11. The van der Waals surface area contributed by atoms with Crippen molar-refractivity contribution in [3.63, 3.8) is 0 Å². The molecule has 0 bridgehead atoms. The molecule has 0 saturated heterocycles. The molecule has 0 unspecified atom stereocenters. The van der Waals surface area contributed by atoms with E-state index in [1.54, 1.807) is 6.07 Å². The lowest BCUT2D eigenvalue weighted by Gasteiger charge is -1.56. The number of hydrogen-bond donors (Lipinski definition) is 0. The number of rotatable bonds is 0. The lowest BCUT2D eigenvalue weighted by molar-refractivity contribution is 1.55. The molecule has 1 heteroatoms. The first-order valence-electron chi connectivity index (χ1n) is 5.76. The van der Waals surface area contributed by atoms with Gasteiger partial charge in [0.15, 0.2) is 6.07 Å². The largest absolute Gasteiger partial charge is 0.183 e. The van der Waals surface area contributed by atoms with Crippen LogP contribution in [-0.4, -0.2) is 0 Å². The molecule has 0 aliphatic carbocycles. The minimum Gasteiger partial charge on any atom is -0.183 e. The van der Waals surface area contributed by atoms with Gasteiger partial charge in [0, 0.05) is 77.0 Å². The lowest BCUT2D eigenvalue weighted by atomic mass is 10.4. The second-order valence-corrected chi connectivity index (χ2v) is 2.76. The molecule has 0 amide bonds. The van der Waals surface area contributed by atoms with Crippen LogP contribution in [0.25, 0.3) is 0 Å². The zero-order chi connectivity index (χ0) is 17.6. The monoisotopic (exact) mass is 371 g/mol. The summed E-state index contributed by atoms with van der Waals surface area (Å²) in [6.07, 6.45) is 4.90. The Morgan fingerprint density at radius 3 is 0.655 bits per heavy atom. The molecule has 0 aliphatic rings. The number of nitrogens with zero attached hydrogens (tertiary/aromatic N) is 1. The van der Waals surface area contributed by atoms with Crippen molar-refractivity contribution in [3.05, 3.63) is 0 Å². The van der Waals surface area contributed by atoms with Crippen molar-refractivity contribution in [2.24, 2.45) is 0 Å². The van der Waals surface area contributed by atoms with E-state index in [2.05, 4.69) is 124 Å². The predicted molar refractivity (Wildman–Crippen MR) is 126 cm³/mol. The van der Waals surface area contributed by atoms with Crippen molar-refractivity contribution in [2.45, 2.75) is 37.1 Å². The van der Waals surface area contributed by atoms with Gasteiger partial charge in [-0.05, 0) is 47.4 Å². The molecule has 0 spiro atoms. The van der Waals surface area contributed by atoms with Crippen LogP contribution < -0.4 is 0 Å². The molecule has 0 rings (SSSR count). The zero-order valence-corrected chi connectivity index (χ0v) is 12.0. The first kappa shape index (κ1) is 38.9. The fraction of sp³-hybridized carbons (Fsp3) is 0.179. The second kappa shape index (κ2) is 38.3. The molecular weight excluding hydrogens is 350 g/mol. The molecule has 0 fully saturated rings. The van der Waals surface area contributed by atoms with Crippen LogP contribution in [0.1, 0.15) is 37.1 Å². The van der Waals surface area contributed by atoms with E-state index >= 15 is 0 Å². The Morgan fingerprint density at radius 2 is 0.483 bits per heavy atom. The summed E-state index contributed by atoms with van der Waals surface area (Å²) in [7, 11) is 0. The summed E-state index contributed by atoms with van der Waals surface area (Å²) >= 11 is 0. The van der Waals surface area contributed by atoms with Gasteiger partial charge in [0.1, 0.15) is 0 Å². The molecule has 0 N–H and O–H groups in total. The van der Waals surface area contributed by atoms with Crippen LogP contribution in [0, 0.1) is 142 Å². The van der Waals surface area contributed by atoms with E-state index in [-0.39, 0.29) is 37.1 Å². The molecule has 29 heavy (non-hydrogen) atoms. The Bertz CT molecular complexity index is 1100. The van der Waals surface area contributed by atoms with Crippen molar-refractivity contribution in [3.8, 4) is 137 Å². The minimum absolute atomic E-state index is 0. The molecule has 0 aliphatic heterocycles. The summed E-state index contributed by atoms with van der Waals surface area (Å²) in [5.74, 6) is 50.4. The van der Waals surface area contributed by atoms with Gasteiger partial charge in [0.05, 0.1) is 0 Å². The average molecular weight is 371 g/mol. The Balaban J connectivity index is -0.000000264. The Morgan fingerprint density at radius 1 is 0.310 bits per heavy atom. The van der Waals surface area contributed by atoms with Gasteiger partial charge in [0.2, 0.25) is 0 Å². The molecule has 0 aromatic rings. The van der Waals surface area contributed by atoms with Crippen molar-refractivity contribution >= 4 is 0 Å². The van der Waals surface area contributed by atoms with E-state index < -0.39 is 0 Å². The Labute approximate surface area is 179 Å². The van der Waals surface area contributed by atoms with Crippen molar-refractivity contribution in [1.82, 2.24) is 0 Å². The smallest absolute Gasteiger partial charge is 0.153 e. The van der Waals surface area contributed by atoms with E-state index in [1.165, 1.54) is 0 Å². The van der Waals surface area contributed by atoms with Crippen LogP contribution in [0.15, 0.2) is 0 Å². The van der Waals surface area contributed by atoms with E-state index in [0.717, 1.165) is 0 Å². The van der Waals surface area contributed by atoms with Crippen LogP contribution in [-0.2, 0) is 0 Å². The van der Waals surface area contributed by atoms with Gasteiger partial charge in [-0.3, -0.25) is 0 Å². The van der Waals surface area contributed by atoms with Crippen molar-refractivity contribution in [1.29, 1.82) is 5.26 Å². The van der Waals surface area contributed by atoms with Crippen LogP contribution in [0.4, 0.5) is 0 Å². The number of nitriles is 1. The summed E-state index contributed by atoms with van der Waals surface area (Å²) in [5, 5.41) is 8.11. The van der Waals surface area contributed by atoms with E-state index in [9.17, 15) is 0 Å². The highest BCUT2D eigenvalue weighted by Crippen LogP contribution is 1.58. The van der Waals surface area contributed by atoms with Crippen LogP contribution >= 0.6 is 0 Å². The van der Waals surface area contributed by atoms with E-state index in [1.807, 2.05) is 0 Å². The highest BCUT2D eigenvalue weighted by molar-refractivity contribution is 5.47. The SMILES string of the molecule is C.C.C.C.C.C#CC#CC#CC#CC#CC#CC#CC#CC#CC#CC#CC#N. The zero-order valence-electron chi connectivity index (χ0n) is 12.0. The lowest BCUT2D eigenvalue weighted by Crippen LogP contribution is -1.56. The Kier molecular flexibility index (Phi) is 51.4. The third kappa shape index (κ3) is 39.4. The van der Waals surface area contributed by atoms with Gasteiger partial charge in [-0.25, -0.2) is 0 Å². The topological polar surface area (TPSA) is 23.8 Å². The summed E-state index contributed by atoms with van der Waals surface area (Å²) < 4.78 is 0. The third-order valence-electron chi connectivity index (χ3n) is 1.32. The third-order valence-corrected chi connectivity index (χ3v) is 1.32. The molecule has 0 radical (unpaired) electrons. The summed E-state index contributed by atoms with van der Waals surface area (Å²) in [6, 6.07) is 1.62.